The van der Waals surface area contributed by atoms with E-state index in [1.807, 2.05) is 54.9 Å². The monoisotopic (exact) mass is 676 g/mol. The summed E-state index contributed by atoms with van der Waals surface area (Å²) < 4.78 is 2.21. The van der Waals surface area contributed by atoms with Crippen LogP contribution in [0.5, 0.6) is 0 Å². The molecule has 10 aromatic rings. The van der Waals surface area contributed by atoms with Crippen molar-refractivity contribution >= 4 is 32.3 Å². The van der Waals surface area contributed by atoms with Crippen molar-refractivity contribution in [2.75, 3.05) is 0 Å². The van der Waals surface area contributed by atoms with Gasteiger partial charge in [0.1, 0.15) is 17.2 Å². The first-order valence-electron chi connectivity index (χ1n) is 17.9. The zero-order chi connectivity index (χ0) is 35.1. The maximum absolute atomic E-state index is 5.33. The second-order valence-electron chi connectivity index (χ2n) is 13.2. The Kier molecular flexibility index (Phi) is 7.43. The summed E-state index contributed by atoms with van der Waals surface area (Å²) in [5.74, 6) is 0.824. The molecule has 0 aliphatic rings. The summed E-state index contributed by atoms with van der Waals surface area (Å²) in [5, 5.41) is 7.41. The molecule has 0 amide bonds. The number of fused-ring (bicyclic) bond motifs is 3. The average Bonchev–Trinajstić information content (AvgIpc) is 3.64. The van der Waals surface area contributed by atoms with Crippen molar-refractivity contribution < 1.29 is 0 Å². The minimum Gasteiger partial charge on any atom is -0.290 e. The number of imidazole rings is 1. The number of hydrogen-bond donors (Lipinski definition) is 0. The van der Waals surface area contributed by atoms with E-state index in [4.69, 9.17) is 15.0 Å². The molecule has 0 saturated carbocycles. The maximum Gasteiger partial charge on any atom is 0.145 e. The van der Waals surface area contributed by atoms with Crippen LogP contribution in [0.15, 0.2) is 194 Å². The summed E-state index contributed by atoms with van der Waals surface area (Å²) in [6.45, 7) is 0. The number of aromatic nitrogens is 4. The van der Waals surface area contributed by atoms with Gasteiger partial charge in [0, 0.05) is 23.6 Å². The van der Waals surface area contributed by atoms with Gasteiger partial charge in [0.2, 0.25) is 0 Å². The third kappa shape index (κ3) is 5.28. The molecule has 0 bridgehead atoms. The molecule has 53 heavy (non-hydrogen) atoms. The Hall–Kier alpha value is -7.17. The summed E-state index contributed by atoms with van der Waals surface area (Å²) >= 11 is 0. The molecular weight excluding hydrogens is 645 g/mol. The Morgan fingerprint density at radius 3 is 1.51 bits per heavy atom. The number of benzene rings is 7. The van der Waals surface area contributed by atoms with Gasteiger partial charge in [-0.1, -0.05) is 140 Å². The number of rotatable bonds is 6. The van der Waals surface area contributed by atoms with Gasteiger partial charge < -0.3 is 0 Å². The van der Waals surface area contributed by atoms with Crippen LogP contribution in [-0.2, 0) is 0 Å². The third-order valence-corrected chi connectivity index (χ3v) is 10.1. The van der Waals surface area contributed by atoms with Gasteiger partial charge in [-0.2, -0.15) is 0 Å². The zero-order valence-electron chi connectivity index (χ0n) is 28.8. The van der Waals surface area contributed by atoms with Gasteiger partial charge in [0.15, 0.2) is 0 Å². The molecule has 0 aliphatic carbocycles. The van der Waals surface area contributed by atoms with Crippen molar-refractivity contribution in [3.8, 4) is 62.1 Å². The predicted octanol–water partition coefficient (Wildman–Crippen LogP) is 12.5. The zero-order valence-corrected chi connectivity index (χ0v) is 28.8. The predicted molar refractivity (Wildman–Crippen MR) is 219 cm³/mol. The highest BCUT2D eigenvalue weighted by Gasteiger charge is 2.24. The minimum atomic E-state index is 0.786. The Morgan fingerprint density at radius 2 is 0.887 bits per heavy atom. The smallest absolute Gasteiger partial charge is 0.145 e. The maximum atomic E-state index is 5.33. The van der Waals surface area contributed by atoms with E-state index in [-0.39, 0.29) is 0 Å². The van der Waals surface area contributed by atoms with Gasteiger partial charge in [-0.15, -0.1) is 0 Å². The Balaban J connectivity index is 1.18. The Labute approximate surface area is 307 Å². The van der Waals surface area contributed by atoms with Gasteiger partial charge in [0.25, 0.3) is 0 Å². The SMILES string of the molecule is c1ccc(-n2c(-c3ccc(-c4c5ccccc5c(-c5ccc6ccccc6c5)c5ccccc45)cc3)nc(-c3ccccn3)c2-c2ccccn2)cc1. The minimum absolute atomic E-state index is 0.786. The molecule has 4 heteroatoms. The second-order valence-corrected chi connectivity index (χ2v) is 13.2. The van der Waals surface area contributed by atoms with Crippen molar-refractivity contribution in [2.45, 2.75) is 0 Å². The lowest BCUT2D eigenvalue weighted by Gasteiger charge is -2.18. The molecule has 248 valence electrons. The summed E-state index contributed by atoms with van der Waals surface area (Å²) in [6, 6.07) is 64.2. The van der Waals surface area contributed by atoms with Crippen LogP contribution < -0.4 is 0 Å². The number of hydrogen-bond acceptors (Lipinski definition) is 3. The molecule has 0 atom stereocenters. The second kappa shape index (κ2) is 12.9. The summed E-state index contributed by atoms with van der Waals surface area (Å²) in [5.41, 5.74) is 10.2. The molecule has 0 N–H and O–H groups in total. The molecule has 3 heterocycles. The molecule has 0 aliphatic heterocycles. The van der Waals surface area contributed by atoms with Crippen LogP contribution in [0.2, 0.25) is 0 Å². The van der Waals surface area contributed by atoms with Crippen LogP contribution in [0.4, 0.5) is 0 Å². The fraction of sp³-hybridized carbons (Fsp3) is 0. The largest absolute Gasteiger partial charge is 0.290 e. The molecule has 10 rings (SSSR count). The third-order valence-electron chi connectivity index (χ3n) is 10.1. The van der Waals surface area contributed by atoms with E-state index in [1.54, 1.807) is 0 Å². The van der Waals surface area contributed by atoms with E-state index in [1.165, 1.54) is 49.0 Å². The molecular formula is C49H32N4. The number of para-hydroxylation sites is 1. The van der Waals surface area contributed by atoms with Crippen LogP contribution in [0, 0.1) is 0 Å². The first kappa shape index (κ1) is 30.6. The van der Waals surface area contributed by atoms with Crippen LogP contribution in [-0.4, -0.2) is 19.5 Å². The van der Waals surface area contributed by atoms with Gasteiger partial charge in [-0.25, -0.2) is 4.98 Å². The number of pyridine rings is 2. The molecule has 0 spiro atoms. The normalized spacial score (nSPS) is 11.4. The van der Waals surface area contributed by atoms with Crippen molar-refractivity contribution in [2.24, 2.45) is 0 Å². The highest BCUT2D eigenvalue weighted by molar-refractivity contribution is 6.21. The van der Waals surface area contributed by atoms with Crippen LogP contribution in [0.1, 0.15) is 0 Å². The van der Waals surface area contributed by atoms with Crippen LogP contribution in [0.25, 0.3) is 94.4 Å². The quantitative estimate of drug-likeness (QED) is 0.165. The summed E-state index contributed by atoms with van der Waals surface area (Å²) in [4.78, 5) is 14.9. The molecule has 3 aromatic heterocycles. The van der Waals surface area contributed by atoms with E-state index in [0.29, 0.717) is 0 Å². The molecule has 0 saturated heterocycles. The highest BCUT2D eigenvalue weighted by Crippen LogP contribution is 2.45. The standard InChI is InChI=1S/C49H32N4/c1-2-16-38(17-3-1)53-48(44-23-11-13-31-51-44)47(43-22-10-12-30-50-43)52-49(53)35-27-25-34(26-28-35)45-39-18-6-8-20-41(39)46(42-21-9-7-19-40(42)45)37-29-24-33-14-4-5-15-36(33)32-37/h1-32H. The fourth-order valence-electron chi connectivity index (χ4n) is 7.74. The van der Waals surface area contributed by atoms with E-state index < -0.39 is 0 Å². The van der Waals surface area contributed by atoms with Crippen LogP contribution in [0.3, 0.4) is 0 Å². The topological polar surface area (TPSA) is 43.6 Å². The average molecular weight is 677 g/mol. The van der Waals surface area contributed by atoms with Gasteiger partial charge in [0.05, 0.1) is 11.4 Å². The van der Waals surface area contributed by atoms with Crippen LogP contribution >= 0.6 is 0 Å². The number of nitrogens with zero attached hydrogens (tertiary/aromatic N) is 4. The Bertz CT molecular complexity index is 2860. The first-order chi connectivity index (χ1) is 26.3. The molecule has 0 fully saturated rings. The molecule has 0 unspecified atom stereocenters. The lowest BCUT2D eigenvalue weighted by atomic mass is 9.85. The van der Waals surface area contributed by atoms with Gasteiger partial charge in [-0.3, -0.25) is 14.5 Å². The van der Waals surface area contributed by atoms with Crippen molar-refractivity contribution in [1.82, 2.24) is 19.5 Å². The van der Waals surface area contributed by atoms with E-state index in [2.05, 4.69) is 144 Å². The summed E-state index contributed by atoms with van der Waals surface area (Å²) in [6.07, 6.45) is 3.64. The van der Waals surface area contributed by atoms with E-state index in [9.17, 15) is 0 Å². The van der Waals surface area contributed by atoms with Crippen molar-refractivity contribution in [3.63, 3.8) is 0 Å². The van der Waals surface area contributed by atoms with Gasteiger partial charge >= 0.3 is 0 Å². The Morgan fingerprint density at radius 1 is 0.377 bits per heavy atom. The van der Waals surface area contributed by atoms with Gasteiger partial charge in [-0.05, 0) is 97.0 Å². The molecule has 0 radical (unpaired) electrons. The van der Waals surface area contributed by atoms with Crippen molar-refractivity contribution in [1.29, 1.82) is 0 Å². The molecule has 7 aromatic carbocycles. The van der Waals surface area contributed by atoms with Crippen molar-refractivity contribution in [3.05, 3.63) is 194 Å². The fourth-order valence-corrected chi connectivity index (χ4v) is 7.74. The highest BCUT2D eigenvalue weighted by atomic mass is 15.1. The summed E-state index contributed by atoms with van der Waals surface area (Å²) in [7, 11) is 0. The van der Waals surface area contributed by atoms with E-state index in [0.717, 1.165) is 45.4 Å². The molecule has 4 nitrogen and oxygen atoms in total. The van der Waals surface area contributed by atoms with E-state index >= 15 is 0 Å². The lowest BCUT2D eigenvalue weighted by Crippen LogP contribution is -2.01. The lowest BCUT2D eigenvalue weighted by molar-refractivity contribution is 1.06. The first-order valence-corrected chi connectivity index (χ1v) is 17.9.